The van der Waals surface area contributed by atoms with Gasteiger partial charge in [0.2, 0.25) is 0 Å². The summed E-state index contributed by atoms with van der Waals surface area (Å²) in [5.41, 5.74) is 4.09. The summed E-state index contributed by atoms with van der Waals surface area (Å²) in [6.45, 7) is 2.13. The summed E-state index contributed by atoms with van der Waals surface area (Å²) in [6, 6.07) is 11.9. The summed E-state index contributed by atoms with van der Waals surface area (Å²) in [4.78, 5) is 24.9. The summed E-state index contributed by atoms with van der Waals surface area (Å²) >= 11 is 1.67. The Morgan fingerprint density at radius 3 is 2.50 bits per heavy atom. The maximum atomic E-state index is 13.2. The molecule has 1 atom stereocenters. The number of carbonyl (C=O) groups is 1. The van der Waals surface area contributed by atoms with E-state index < -0.39 is 0 Å². The number of fused-ring (bicyclic) bond motifs is 3. The van der Waals surface area contributed by atoms with E-state index in [4.69, 9.17) is 14.5 Å². The van der Waals surface area contributed by atoms with Crippen molar-refractivity contribution in [1.82, 2.24) is 4.90 Å². The molecule has 0 spiro atoms. The molecule has 178 valence electrons. The van der Waals surface area contributed by atoms with Gasteiger partial charge in [0, 0.05) is 17.4 Å². The molecule has 0 N–H and O–H groups in total. The molecule has 2 aliphatic heterocycles. The normalized spacial score (nSPS) is 19.9. The Kier molecular flexibility index (Phi) is 6.63. The molecule has 2 aromatic carbocycles. The van der Waals surface area contributed by atoms with Crippen LogP contribution in [0.25, 0.3) is 0 Å². The second kappa shape index (κ2) is 9.82. The number of thioether (sulfide) groups is 1. The highest BCUT2D eigenvalue weighted by Crippen LogP contribution is 2.42. The summed E-state index contributed by atoms with van der Waals surface area (Å²) in [5, 5.41) is 0.827. The molecule has 0 radical (unpaired) electrons. The van der Waals surface area contributed by atoms with Crippen molar-refractivity contribution in [2.45, 2.75) is 57.2 Å². The van der Waals surface area contributed by atoms with Gasteiger partial charge in [-0.1, -0.05) is 68.1 Å². The molecule has 0 bridgehead atoms. The van der Waals surface area contributed by atoms with Crippen molar-refractivity contribution in [3.05, 3.63) is 53.1 Å². The number of hydrogen-bond donors (Lipinski definition) is 0. The van der Waals surface area contributed by atoms with Crippen LogP contribution < -0.4 is 9.47 Å². The predicted molar refractivity (Wildman–Crippen MR) is 137 cm³/mol. The van der Waals surface area contributed by atoms with E-state index in [0.29, 0.717) is 23.3 Å². The third kappa shape index (κ3) is 4.33. The Bertz CT molecular complexity index is 1150. The van der Waals surface area contributed by atoms with Gasteiger partial charge in [0.1, 0.15) is 11.9 Å². The molecule has 34 heavy (non-hydrogen) atoms. The van der Waals surface area contributed by atoms with Gasteiger partial charge in [0.05, 0.1) is 19.9 Å². The van der Waals surface area contributed by atoms with E-state index in [1.807, 2.05) is 12.1 Å². The number of benzene rings is 2. The molecular formula is C27H31N3O3S. The average Bonchev–Trinajstić information content (AvgIpc) is 3.19. The number of aryl methyl sites for hydroxylation is 1. The highest BCUT2D eigenvalue weighted by Gasteiger charge is 2.43. The van der Waals surface area contributed by atoms with Gasteiger partial charge in [-0.25, -0.2) is 4.99 Å². The molecule has 0 aromatic heterocycles. The predicted octanol–water partition coefficient (Wildman–Crippen LogP) is 5.87. The Balaban J connectivity index is 1.52. The molecule has 1 saturated carbocycles. The van der Waals surface area contributed by atoms with Gasteiger partial charge in [-0.15, -0.1) is 0 Å². The van der Waals surface area contributed by atoms with Gasteiger partial charge in [0.25, 0.3) is 5.91 Å². The molecule has 3 aliphatic rings. The Morgan fingerprint density at radius 2 is 1.76 bits per heavy atom. The minimum atomic E-state index is -0.289. The summed E-state index contributed by atoms with van der Waals surface area (Å²) in [7, 11) is 3.23. The van der Waals surface area contributed by atoms with E-state index in [2.05, 4.69) is 41.1 Å². The number of amidine groups is 2. The second-order valence-electron chi connectivity index (χ2n) is 9.23. The lowest BCUT2D eigenvalue weighted by atomic mass is 9.84. The number of aliphatic imine (C=N–C) groups is 2. The van der Waals surface area contributed by atoms with E-state index in [1.165, 1.54) is 43.2 Å². The maximum absolute atomic E-state index is 13.2. The van der Waals surface area contributed by atoms with Crippen LogP contribution in [0.15, 0.2) is 46.4 Å². The number of rotatable bonds is 6. The van der Waals surface area contributed by atoms with Gasteiger partial charge in [-0.2, -0.15) is 4.99 Å². The quantitative estimate of drug-likeness (QED) is 0.520. The first-order valence-corrected chi connectivity index (χ1v) is 13.0. The van der Waals surface area contributed by atoms with Crippen LogP contribution in [0.3, 0.4) is 0 Å². The average molecular weight is 478 g/mol. The monoisotopic (exact) mass is 477 g/mol. The van der Waals surface area contributed by atoms with E-state index >= 15 is 0 Å². The second-order valence-corrected chi connectivity index (χ2v) is 10.2. The maximum Gasteiger partial charge on any atom is 0.270 e. The Hall–Kier alpha value is -2.80. The van der Waals surface area contributed by atoms with E-state index in [0.717, 1.165) is 28.6 Å². The van der Waals surface area contributed by atoms with Crippen LogP contribution in [0.4, 0.5) is 5.69 Å². The van der Waals surface area contributed by atoms with Gasteiger partial charge >= 0.3 is 0 Å². The first-order chi connectivity index (χ1) is 16.6. The topological polar surface area (TPSA) is 63.5 Å². The van der Waals surface area contributed by atoms with Crippen LogP contribution in [-0.4, -0.2) is 42.1 Å². The standard InChI is InChI=1S/C27H31N3O3S/c1-17-9-7-8-12-19(17)16-34-27-28-21-15-24(33-3)23(32-2)14-20(21)25-29-26(31)22(30(25)27)13-18-10-5-4-6-11-18/h7-9,12,14-15,18,22H,4-6,10-11,13,16H2,1-3H3/t22-/m0/s1. The number of methoxy groups -OCH3 is 2. The molecular weight excluding hydrogens is 446 g/mol. The largest absolute Gasteiger partial charge is 0.493 e. The number of amides is 1. The SMILES string of the molecule is COc1cc2c(cc1OC)C1=NC(=O)[C@H](CC3CCCCC3)N1C(SCc1ccccc1C)=N2. The lowest BCUT2D eigenvalue weighted by molar-refractivity contribution is -0.120. The zero-order valence-electron chi connectivity index (χ0n) is 20.0. The van der Waals surface area contributed by atoms with Crippen LogP contribution in [0.2, 0.25) is 0 Å². The van der Waals surface area contributed by atoms with Gasteiger partial charge in [-0.05, 0) is 36.5 Å². The minimum absolute atomic E-state index is 0.0626. The summed E-state index contributed by atoms with van der Waals surface area (Å²) in [5.74, 6) is 3.19. The fourth-order valence-corrected chi connectivity index (χ4v) is 6.29. The zero-order chi connectivity index (χ0) is 23.7. The first kappa shape index (κ1) is 23.0. The molecule has 0 saturated heterocycles. The fourth-order valence-electron chi connectivity index (χ4n) is 5.16. The van der Waals surface area contributed by atoms with E-state index in [-0.39, 0.29) is 11.9 Å². The Labute approximate surface area is 205 Å². The van der Waals surface area contributed by atoms with Crippen molar-refractivity contribution < 1.29 is 14.3 Å². The number of nitrogens with zero attached hydrogens (tertiary/aromatic N) is 3. The van der Waals surface area contributed by atoms with Crippen molar-refractivity contribution in [3.63, 3.8) is 0 Å². The van der Waals surface area contributed by atoms with Crippen molar-refractivity contribution in [2.24, 2.45) is 15.9 Å². The van der Waals surface area contributed by atoms with Crippen molar-refractivity contribution in [3.8, 4) is 11.5 Å². The van der Waals surface area contributed by atoms with Gasteiger partial charge in [-0.3, -0.25) is 9.69 Å². The molecule has 1 aliphatic carbocycles. The van der Waals surface area contributed by atoms with Crippen molar-refractivity contribution in [2.75, 3.05) is 14.2 Å². The zero-order valence-corrected chi connectivity index (χ0v) is 20.9. The summed E-state index contributed by atoms with van der Waals surface area (Å²) < 4.78 is 11.0. The van der Waals surface area contributed by atoms with Crippen LogP contribution in [-0.2, 0) is 10.5 Å². The molecule has 2 aromatic rings. The van der Waals surface area contributed by atoms with Crippen LogP contribution in [0.1, 0.15) is 55.2 Å². The third-order valence-electron chi connectivity index (χ3n) is 7.11. The molecule has 6 nitrogen and oxygen atoms in total. The van der Waals surface area contributed by atoms with Crippen molar-refractivity contribution >= 4 is 34.4 Å². The van der Waals surface area contributed by atoms with Crippen LogP contribution >= 0.6 is 11.8 Å². The molecule has 5 rings (SSSR count). The number of ether oxygens (including phenoxy) is 2. The van der Waals surface area contributed by atoms with Gasteiger partial charge < -0.3 is 9.47 Å². The number of hydrogen-bond acceptors (Lipinski definition) is 6. The highest BCUT2D eigenvalue weighted by atomic mass is 32.2. The lowest BCUT2D eigenvalue weighted by Crippen LogP contribution is -2.44. The highest BCUT2D eigenvalue weighted by molar-refractivity contribution is 8.13. The Morgan fingerprint density at radius 1 is 1.03 bits per heavy atom. The first-order valence-electron chi connectivity index (χ1n) is 12.0. The minimum Gasteiger partial charge on any atom is -0.493 e. The van der Waals surface area contributed by atoms with E-state index in [1.54, 1.807) is 26.0 Å². The molecule has 1 fully saturated rings. The lowest BCUT2D eigenvalue weighted by Gasteiger charge is -2.33. The molecule has 0 unspecified atom stereocenters. The van der Waals surface area contributed by atoms with E-state index in [9.17, 15) is 4.79 Å². The smallest absolute Gasteiger partial charge is 0.270 e. The number of carbonyl (C=O) groups excluding carboxylic acids is 1. The van der Waals surface area contributed by atoms with Crippen LogP contribution in [0, 0.1) is 12.8 Å². The molecule has 2 heterocycles. The molecule has 7 heteroatoms. The van der Waals surface area contributed by atoms with Crippen molar-refractivity contribution in [1.29, 1.82) is 0 Å². The van der Waals surface area contributed by atoms with Gasteiger partial charge in [0.15, 0.2) is 16.7 Å². The van der Waals surface area contributed by atoms with Crippen LogP contribution in [0.5, 0.6) is 11.5 Å². The fraction of sp³-hybridized carbons (Fsp3) is 0.444. The molecule has 1 amide bonds. The third-order valence-corrected chi connectivity index (χ3v) is 8.11. The summed E-state index contributed by atoms with van der Waals surface area (Å²) in [6.07, 6.45) is 7.02.